The maximum atomic E-state index is 11.8. The molecular weight excluding hydrogens is 468 g/mol. The number of carbonyl (C=O) groups is 1. The number of unbranched alkanes of at least 4 members (excludes halogenated alkanes) is 2. The predicted octanol–water partition coefficient (Wildman–Crippen LogP) is 6.30. The molecule has 2 aromatic carbocycles. The third kappa shape index (κ3) is 6.98. The van der Waals surface area contributed by atoms with E-state index in [0.717, 1.165) is 65.1 Å². The van der Waals surface area contributed by atoms with E-state index in [-0.39, 0.29) is 12.6 Å². The van der Waals surface area contributed by atoms with Crippen molar-refractivity contribution >= 4 is 28.3 Å². The largest absolute Gasteiger partial charge is 0.458 e. The fourth-order valence-corrected chi connectivity index (χ4v) is 4.28. The fraction of sp³-hybridized carbons (Fsp3) is 0.414. The van der Waals surface area contributed by atoms with Gasteiger partial charge in [-0.3, -0.25) is 0 Å². The minimum Gasteiger partial charge on any atom is -0.458 e. The SMILES string of the molecule is Cc1cc2c(C)noc2cc1N(CCCCCOCC(=O)OC(C)(C)C)c1ccc(-n2ccnc2)cc1. The summed E-state index contributed by atoms with van der Waals surface area (Å²) in [6, 6.07) is 12.7. The van der Waals surface area contributed by atoms with Gasteiger partial charge in [0.05, 0.1) is 12.0 Å². The van der Waals surface area contributed by atoms with Crippen LogP contribution in [-0.2, 0) is 14.3 Å². The second-order valence-corrected chi connectivity index (χ2v) is 10.2. The van der Waals surface area contributed by atoms with Gasteiger partial charge in [-0.25, -0.2) is 9.78 Å². The van der Waals surface area contributed by atoms with E-state index in [9.17, 15) is 4.79 Å². The number of carbonyl (C=O) groups excluding carboxylic acids is 1. The van der Waals surface area contributed by atoms with Crippen LogP contribution in [0.15, 0.2) is 59.6 Å². The van der Waals surface area contributed by atoms with Crippen molar-refractivity contribution in [1.29, 1.82) is 0 Å². The summed E-state index contributed by atoms with van der Waals surface area (Å²) in [6.07, 6.45) is 8.31. The number of hydrogen-bond acceptors (Lipinski definition) is 7. The van der Waals surface area contributed by atoms with Crippen LogP contribution in [0.1, 0.15) is 51.3 Å². The molecule has 0 N–H and O–H groups in total. The average molecular weight is 505 g/mol. The molecule has 196 valence electrons. The highest BCUT2D eigenvalue weighted by Gasteiger charge is 2.17. The number of nitrogens with zero attached hydrogens (tertiary/aromatic N) is 4. The number of ether oxygens (including phenoxy) is 2. The summed E-state index contributed by atoms with van der Waals surface area (Å²) in [4.78, 5) is 18.3. The van der Waals surface area contributed by atoms with Crippen LogP contribution in [0.25, 0.3) is 16.7 Å². The first kappa shape index (κ1) is 26.4. The van der Waals surface area contributed by atoms with Crippen molar-refractivity contribution in [3.63, 3.8) is 0 Å². The molecule has 0 unspecified atom stereocenters. The van der Waals surface area contributed by atoms with Crippen molar-refractivity contribution in [3.05, 3.63) is 66.4 Å². The normalized spacial score (nSPS) is 11.7. The number of imidazole rings is 1. The van der Waals surface area contributed by atoms with E-state index in [1.54, 1.807) is 12.5 Å². The zero-order chi connectivity index (χ0) is 26.4. The van der Waals surface area contributed by atoms with Gasteiger partial charge >= 0.3 is 5.97 Å². The number of esters is 1. The van der Waals surface area contributed by atoms with Crippen molar-refractivity contribution in [3.8, 4) is 5.69 Å². The molecule has 8 heteroatoms. The third-order valence-electron chi connectivity index (χ3n) is 6.03. The van der Waals surface area contributed by atoms with Crippen molar-refractivity contribution in [2.75, 3.05) is 24.7 Å². The number of fused-ring (bicyclic) bond motifs is 1. The van der Waals surface area contributed by atoms with E-state index < -0.39 is 5.60 Å². The van der Waals surface area contributed by atoms with Gasteiger partial charge in [-0.15, -0.1) is 0 Å². The number of rotatable bonds is 11. The molecule has 4 aromatic rings. The molecule has 4 rings (SSSR count). The van der Waals surface area contributed by atoms with Crippen molar-refractivity contribution in [2.45, 2.75) is 59.5 Å². The van der Waals surface area contributed by atoms with Crippen LogP contribution in [0.5, 0.6) is 0 Å². The molecule has 0 spiro atoms. The summed E-state index contributed by atoms with van der Waals surface area (Å²) >= 11 is 0. The number of anilines is 2. The van der Waals surface area contributed by atoms with Crippen molar-refractivity contribution in [1.82, 2.24) is 14.7 Å². The minimum atomic E-state index is -0.494. The summed E-state index contributed by atoms with van der Waals surface area (Å²) < 4.78 is 18.4. The van der Waals surface area contributed by atoms with Gasteiger partial charge in [0.15, 0.2) is 5.58 Å². The lowest BCUT2D eigenvalue weighted by Crippen LogP contribution is -2.26. The van der Waals surface area contributed by atoms with Crippen LogP contribution >= 0.6 is 0 Å². The smallest absolute Gasteiger partial charge is 0.332 e. The second kappa shape index (κ2) is 11.6. The Bertz CT molecular complexity index is 1300. The van der Waals surface area contributed by atoms with E-state index in [2.05, 4.69) is 58.4 Å². The standard InChI is InChI=1S/C29H36N4O4/c1-21-17-25-22(2)31-37-27(25)18-26(21)33(24-11-9-23(10-12-24)32-15-13-30-20-32)14-7-6-8-16-35-19-28(34)36-29(3,4)5/h9-13,15,17-18,20H,6-8,14,16,19H2,1-5H3. The number of aromatic nitrogens is 3. The Labute approximate surface area is 218 Å². The van der Waals surface area contributed by atoms with Gasteiger partial charge in [-0.05, 0) is 89.8 Å². The molecule has 0 aliphatic carbocycles. The van der Waals surface area contributed by atoms with Gasteiger partial charge in [-0.1, -0.05) is 5.16 Å². The molecule has 0 saturated carbocycles. The molecule has 0 bridgehead atoms. The van der Waals surface area contributed by atoms with Crippen LogP contribution in [0.2, 0.25) is 0 Å². The monoisotopic (exact) mass is 504 g/mol. The predicted molar refractivity (Wildman–Crippen MR) is 145 cm³/mol. The molecule has 0 radical (unpaired) electrons. The van der Waals surface area contributed by atoms with E-state index >= 15 is 0 Å². The quantitative estimate of drug-likeness (QED) is 0.175. The summed E-state index contributed by atoms with van der Waals surface area (Å²) in [5.41, 5.74) is 5.61. The molecule has 0 atom stereocenters. The highest BCUT2D eigenvalue weighted by molar-refractivity contribution is 5.86. The Hall–Kier alpha value is -3.65. The molecular formula is C29H36N4O4. The Morgan fingerprint density at radius 2 is 1.86 bits per heavy atom. The van der Waals surface area contributed by atoms with Gasteiger partial charge < -0.3 is 23.5 Å². The molecule has 0 aliphatic rings. The third-order valence-corrected chi connectivity index (χ3v) is 6.03. The Kier molecular flexibility index (Phi) is 8.28. The zero-order valence-electron chi connectivity index (χ0n) is 22.4. The highest BCUT2D eigenvalue weighted by atomic mass is 16.6. The molecule has 0 saturated heterocycles. The van der Waals surface area contributed by atoms with Gasteiger partial charge in [0.25, 0.3) is 0 Å². The zero-order valence-corrected chi connectivity index (χ0v) is 22.4. The first-order chi connectivity index (χ1) is 17.7. The maximum Gasteiger partial charge on any atom is 0.332 e. The minimum absolute atomic E-state index is 0.0114. The topological polar surface area (TPSA) is 82.6 Å². The number of aryl methyl sites for hydroxylation is 2. The summed E-state index contributed by atoms with van der Waals surface area (Å²) in [6.45, 7) is 11.0. The molecule has 2 aromatic heterocycles. The van der Waals surface area contributed by atoms with Gasteiger partial charge in [0.2, 0.25) is 0 Å². The first-order valence-corrected chi connectivity index (χ1v) is 12.7. The van der Waals surface area contributed by atoms with Crippen molar-refractivity contribution in [2.24, 2.45) is 0 Å². The van der Waals surface area contributed by atoms with Crippen LogP contribution in [0, 0.1) is 13.8 Å². The van der Waals surface area contributed by atoms with Gasteiger partial charge in [0, 0.05) is 54.1 Å². The summed E-state index contributed by atoms with van der Waals surface area (Å²) in [5.74, 6) is -0.327. The molecule has 2 heterocycles. The lowest BCUT2D eigenvalue weighted by molar-refractivity contribution is -0.160. The number of hydrogen-bond donors (Lipinski definition) is 0. The average Bonchev–Trinajstić information content (AvgIpc) is 3.50. The highest BCUT2D eigenvalue weighted by Crippen LogP contribution is 2.34. The first-order valence-electron chi connectivity index (χ1n) is 12.7. The lowest BCUT2D eigenvalue weighted by atomic mass is 10.1. The molecule has 0 aliphatic heterocycles. The van der Waals surface area contributed by atoms with E-state index in [1.165, 1.54) is 0 Å². The Balaban J connectivity index is 1.42. The van der Waals surface area contributed by atoms with Gasteiger partial charge in [0.1, 0.15) is 12.2 Å². The molecule has 0 fully saturated rings. The Morgan fingerprint density at radius 3 is 2.57 bits per heavy atom. The van der Waals surface area contributed by atoms with E-state index in [4.69, 9.17) is 14.0 Å². The Morgan fingerprint density at radius 1 is 1.08 bits per heavy atom. The van der Waals surface area contributed by atoms with E-state index in [1.807, 2.05) is 38.5 Å². The van der Waals surface area contributed by atoms with Crippen LogP contribution in [0.4, 0.5) is 11.4 Å². The van der Waals surface area contributed by atoms with E-state index in [0.29, 0.717) is 6.61 Å². The molecule has 37 heavy (non-hydrogen) atoms. The lowest BCUT2D eigenvalue weighted by Gasteiger charge is -2.27. The molecule has 8 nitrogen and oxygen atoms in total. The summed E-state index contributed by atoms with van der Waals surface area (Å²) in [5, 5.41) is 5.18. The van der Waals surface area contributed by atoms with Crippen LogP contribution < -0.4 is 4.90 Å². The molecule has 0 amide bonds. The van der Waals surface area contributed by atoms with Crippen LogP contribution in [-0.4, -0.2) is 46.0 Å². The summed E-state index contributed by atoms with van der Waals surface area (Å²) in [7, 11) is 0. The second-order valence-electron chi connectivity index (χ2n) is 10.2. The fourth-order valence-electron chi connectivity index (χ4n) is 4.28. The number of benzene rings is 2. The maximum absolute atomic E-state index is 11.8. The van der Waals surface area contributed by atoms with Crippen LogP contribution in [0.3, 0.4) is 0 Å². The van der Waals surface area contributed by atoms with Gasteiger partial charge in [-0.2, -0.15) is 0 Å². The van der Waals surface area contributed by atoms with Crippen molar-refractivity contribution < 1.29 is 18.8 Å².